The lowest BCUT2D eigenvalue weighted by atomic mass is 10.0. The van der Waals surface area contributed by atoms with E-state index in [9.17, 15) is 18.0 Å². The van der Waals surface area contributed by atoms with Gasteiger partial charge in [-0.2, -0.15) is 24.9 Å². The summed E-state index contributed by atoms with van der Waals surface area (Å²) >= 11 is 1.85. The maximum absolute atomic E-state index is 13.2. The van der Waals surface area contributed by atoms with E-state index in [-0.39, 0.29) is 17.0 Å². The average Bonchev–Trinajstić information content (AvgIpc) is 2.75. The van der Waals surface area contributed by atoms with Gasteiger partial charge in [0.2, 0.25) is 0 Å². The normalized spacial score (nSPS) is 17.5. The molecule has 1 aromatic carbocycles. The van der Waals surface area contributed by atoms with Crippen LogP contribution in [0.15, 0.2) is 23.0 Å². The number of aromatic nitrogens is 2. The molecule has 1 aliphatic rings. The van der Waals surface area contributed by atoms with Crippen molar-refractivity contribution >= 4 is 22.8 Å². The molecule has 0 spiro atoms. The van der Waals surface area contributed by atoms with Gasteiger partial charge in [0.1, 0.15) is 0 Å². The average molecular weight is 316 g/mol. The molecule has 1 N–H and O–H groups in total. The van der Waals surface area contributed by atoms with Crippen LogP contribution in [-0.2, 0) is 12.7 Å². The quantitative estimate of drug-likeness (QED) is 0.921. The summed E-state index contributed by atoms with van der Waals surface area (Å²) in [5, 5.41) is 0. The molecule has 0 radical (unpaired) electrons. The van der Waals surface area contributed by atoms with Crippen LogP contribution in [0, 0.1) is 5.92 Å². The van der Waals surface area contributed by atoms with Gasteiger partial charge >= 0.3 is 11.9 Å². The number of nitrogens with one attached hydrogen (secondary N) is 1. The highest BCUT2D eigenvalue weighted by atomic mass is 32.2. The molecule has 0 unspecified atom stereocenters. The Bertz CT molecular complexity index is 698. The van der Waals surface area contributed by atoms with Crippen LogP contribution in [0.4, 0.5) is 13.2 Å². The third kappa shape index (κ3) is 2.84. The number of hydrogen-bond acceptors (Lipinski definition) is 2. The molecule has 1 aromatic heterocycles. The molecule has 0 saturated carbocycles. The minimum absolute atomic E-state index is 0.0202. The van der Waals surface area contributed by atoms with Gasteiger partial charge in [-0.05, 0) is 42.4 Å². The molecular weight excluding hydrogens is 301 g/mol. The van der Waals surface area contributed by atoms with Gasteiger partial charge in [-0.3, -0.25) is 4.57 Å². The van der Waals surface area contributed by atoms with Crippen LogP contribution in [0.2, 0.25) is 0 Å². The van der Waals surface area contributed by atoms with Crippen LogP contribution >= 0.6 is 11.8 Å². The van der Waals surface area contributed by atoms with Crippen molar-refractivity contribution in [2.45, 2.75) is 25.6 Å². The SMILES string of the molecule is O=c1[nH]c2cccc(C(F)(F)F)c2n1CC1CCSCC1. The molecule has 2 heterocycles. The second kappa shape index (κ2) is 5.44. The van der Waals surface area contributed by atoms with Crippen LogP contribution in [-0.4, -0.2) is 21.1 Å². The second-order valence-electron chi connectivity index (χ2n) is 5.30. The molecule has 3 nitrogen and oxygen atoms in total. The van der Waals surface area contributed by atoms with Crippen LogP contribution in [0.1, 0.15) is 18.4 Å². The van der Waals surface area contributed by atoms with Gasteiger partial charge < -0.3 is 4.98 Å². The van der Waals surface area contributed by atoms with Crippen LogP contribution in [0.3, 0.4) is 0 Å². The number of nitrogens with zero attached hydrogens (tertiary/aromatic N) is 1. The molecule has 7 heteroatoms. The number of alkyl halides is 3. The second-order valence-corrected chi connectivity index (χ2v) is 6.52. The van der Waals surface area contributed by atoms with E-state index in [1.807, 2.05) is 11.8 Å². The fourth-order valence-electron chi connectivity index (χ4n) is 2.81. The predicted molar refractivity (Wildman–Crippen MR) is 77.6 cm³/mol. The molecule has 2 aromatic rings. The predicted octanol–water partition coefficient (Wildman–Crippen LogP) is 3.49. The Morgan fingerprint density at radius 3 is 2.67 bits per heavy atom. The number of thioether (sulfide) groups is 1. The van der Waals surface area contributed by atoms with Crippen molar-refractivity contribution in [1.82, 2.24) is 9.55 Å². The van der Waals surface area contributed by atoms with Crippen molar-refractivity contribution in [2.24, 2.45) is 5.92 Å². The third-order valence-corrected chi connectivity index (χ3v) is 4.93. The van der Waals surface area contributed by atoms with Gasteiger partial charge in [-0.15, -0.1) is 0 Å². The van der Waals surface area contributed by atoms with Gasteiger partial charge in [-0.1, -0.05) is 6.07 Å². The van der Waals surface area contributed by atoms with E-state index in [0.29, 0.717) is 6.54 Å². The molecule has 0 bridgehead atoms. The van der Waals surface area contributed by atoms with Crippen molar-refractivity contribution < 1.29 is 13.2 Å². The summed E-state index contributed by atoms with van der Waals surface area (Å²) in [5.41, 5.74) is -0.975. The topological polar surface area (TPSA) is 37.8 Å². The summed E-state index contributed by atoms with van der Waals surface area (Å²) in [6.45, 7) is 0.354. The Labute approximate surface area is 123 Å². The maximum atomic E-state index is 13.2. The van der Waals surface area contributed by atoms with E-state index in [2.05, 4.69) is 4.98 Å². The number of imidazole rings is 1. The van der Waals surface area contributed by atoms with Gasteiger partial charge in [0.05, 0.1) is 16.6 Å². The molecule has 0 atom stereocenters. The van der Waals surface area contributed by atoms with E-state index in [4.69, 9.17) is 0 Å². The first-order valence-electron chi connectivity index (χ1n) is 6.83. The maximum Gasteiger partial charge on any atom is 0.418 e. The number of aromatic amines is 1. The van der Waals surface area contributed by atoms with Gasteiger partial charge in [0.25, 0.3) is 0 Å². The first kappa shape index (κ1) is 14.6. The molecule has 0 amide bonds. The minimum Gasteiger partial charge on any atom is -0.306 e. The van der Waals surface area contributed by atoms with Crippen LogP contribution in [0.5, 0.6) is 0 Å². The number of halogens is 3. The Hall–Kier alpha value is -1.37. The Morgan fingerprint density at radius 1 is 1.29 bits per heavy atom. The lowest BCUT2D eigenvalue weighted by Gasteiger charge is -2.22. The number of hydrogen-bond donors (Lipinski definition) is 1. The first-order valence-corrected chi connectivity index (χ1v) is 7.99. The highest BCUT2D eigenvalue weighted by molar-refractivity contribution is 7.99. The van der Waals surface area contributed by atoms with Crippen molar-refractivity contribution in [1.29, 1.82) is 0 Å². The van der Waals surface area contributed by atoms with E-state index in [0.717, 1.165) is 30.4 Å². The molecule has 114 valence electrons. The van der Waals surface area contributed by atoms with Gasteiger partial charge in [0, 0.05) is 6.54 Å². The van der Waals surface area contributed by atoms with Gasteiger partial charge in [-0.25, -0.2) is 4.79 Å². The zero-order valence-corrected chi connectivity index (χ0v) is 12.1. The summed E-state index contributed by atoms with van der Waals surface area (Å²) < 4.78 is 40.7. The molecule has 1 fully saturated rings. The summed E-state index contributed by atoms with van der Waals surface area (Å²) in [7, 11) is 0. The fraction of sp³-hybridized carbons (Fsp3) is 0.500. The third-order valence-electron chi connectivity index (χ3n) is 3.88. The highest BCUT2D eigenvalue weighted by Crippen LogP contribution is 2.34. The largest absolute Gasteiger partial charge is 0.418 e. The fourth-order valence-corrected chi connectivity index (χ4v) is 4.01. The molecule has 1 saturated heterocycles. The van der Waals surface area contributed by atoms with Crippen molar-refractivity contribution in [3.63, 3.8) is 0 Å². The Kier molecular flexibility index (Phi) is 3.77. The van der Waals surface area contributed by atoms with Crippen molar-refractivity contribution in [3.8, 4) is 0 Å². The number of H-pyrrole nitrogens is 1. The minimum atomic E-state index is -4.46. The Morgan fingerprint density at radius 2 is 2.00 bits per heavy atom. The highest BCUT2D eigenvalue weighted by Gasteiger charge is 2.34. The number of rotatable bonds is 2. The Balaban J connectivity index is 2.08. The smallest absolute Gasteiger partial charge is 0.306 e. The molecule has 21 heavy (non-hydrogen) atoms. The molecule has 1 aliphatic heterocycles. The van der Waals surface area contributed by atoms with E-state index < -0.39 is 17.4 Å². The lowest BCUT2D eigenvalue weighted by Crippen LogP contribution is -2.25. The lowest BCUT2D eigenvalue weighted by molar-refractivity contribution is -0.136. The van der Waals surface area contributed by atoms with Crippen LogP contribution < -0.4 is 5.69 Å². The van der Waals surface area contributed by atoms with Crippen molar-refractivity contribution in [3.05, 3.63) is 34.2 Å². The van der Waals surface area contributed by atoms with Crippen molar-refractivity contribution in [2.75, 3.05) is 11.5 Å². The summed E-state index contributed by atoms with van der Waals surface area (Å²) in [5.74, 6) is 2.28. The van der Waals surface area contributed by atoms with Crippen LogP contribution in [0.25, 0.3) is 11.0 Å². The number of fused-ring (bicyclic) bond motifs is 1. The monoisotopic (exact) mass is 316 g/mol. The number of benzene rings is 1. The first-order chi connectivity index (χ1) is 9.97. The number of para-hydroxylation sites is 1. The van der Waals surface area contributed by atoms with E-state index >= 15 is 0 Å². The summed E-state index contributed by atoms with van der Waals surface area (Å²) in [4.78, 5) is 14.6. The summed E-state index contributed by atoms with van der Waals surface area (Å²) in [6.07, 6.45) is -2.58. The van der Waals surface area contributed by atoms with Gasteiger partial charge in [0.15, 0.2) is 0 Å². The molecular formula is C14H15F3N2OS. The molecule has 3 rings (SSSR count). The zero-order chi connectivity index (χ0) is 15.0. The zero-order valence-electron chi connectivity index (χ0n) is 11.2. The van der Waals surface area contributed by atoms with E-state index in [1.54, 1.807) is 0 Å². The molecule has 0 aliphatic carbocycles. The van der Waals surface area contributed by atoms with E-state index in [1.165, 1.54) is 16.7 Å². The standard InChI is InChI=1S/C14H15F3N2OS/c15-14(16,17)10-2-1-3-11-12(10)19(13(20)18-11)8-9-4-6-21-7-5-9/h1-3,9H,4-8H2,(H,18,20). The summed E-state index contributed by atoms with van der Waals surface area (Å²) in [6, 6.07) is 3.87.